The van der Waals surface area contributed by atoms with Crippen molar-refractivity contribution in [2.75, 3.05) is 11.1 Å². The van der Waals surface area contributed by atoms with Crippen LogP contribution in [0.3, 0.4) is 0 Å². The van der Waals surface area contributed by atoms with Gasteiger partial charge in [0, 0.05) is 5.92 Å². The van der Waals surface area contributed by atoms with Gasteiger partial charge >= 0.3 is 0 Å². The number of hydrogen-bond acceptors (Lipinski definition) is 3. The Balaban J connectivity index is 2.76. The Morgan fingerprint density at radius 1 is 1.50 bits per heavy atom. The zero-order chi connectivity index (χ0) is 12.1. The molecule has 0 unspecified atom stereocenters. The monoisotopic (exact) mass is 221 g/mol. The van der Waals surface area contributed by atoms with Crippen molar-refractivity contribution in [2.45, 2.75) is 33.6 Å². The van der Waals surface area contributed by atoms with Crippen molar-refractivity contribution >= 4 is 17.4 Å². The lowest BCUT2D eigenvalue weighted by molar-refractivity contribution is -0.120. The van der Waals surface area contributed by atoms with Gasteiger partial charge in [0.15, 0.2) is 0 Å². The lowest BCUT2D eigenvalue weighted by Crippen LogP contribution is -2.22. The maximum Gasteiger partial charge on any atom is 0.228 e. The number of nitrogens with zero attached hydrogens (tertiary/aromatic N) is 1. The van der Waals surface area contributed by atoms with Gasteiger partial charge < -0.3 is 11.1 Å². The Kier molecular flexibility index (Phi) is 4.28. The summed E-state index contributed by atoms with van der Waals surface area (Å²) in [6.07, 6.45) is 3.24. The smallest absolute Gasteiger partial charge is 0.228 e. The number of rotatable bonds is 4. The third-order valence-corrected chi connectivity index (χ3v) is 2.70. The van der Waals surface area contributed by atoms with Crippen LogP contribution in [0.15, 0.2) is 12.3 Å². The molecule has 1 amide bonds. The zero-order valence-electron chi connectivity index (χ0n) is 10.1. The van der Waals surface area contributed by atoms with Crippen LogP contribution in [0.25, 0.3) is 0 Å². The van der Waals surface area contributed by atoms with Gasteiger partial charge in [-0.1, -0.05) is 13.8 Å². The molecule has 0 aromatic carbocycles. The minimum Gasteiger partial charge on any atom is -0.397 e. The molecular weight excluding hydrogens is 202 g/mol. The second kappa shape index (κ2) is 5.49. The second-order valence-corrected chi connectivity index (χ2v) is 3.94. The molecule has 0 aliphatic carbocycles. The van der Waals surface area contributed by atoms with E-state index in [1.165, 1.54) is 0 Å². The molecule has 16 heavy (non-hydrogen) atoms. The minimum atomic E-state index is 0.0328. The minimum absolute atomic E-state index is 0.0328. The molecule has 0 aliphatic rings. The lowest BCUT2D eigenvalue weighted by Gasteiger charge is -2.13. The number of aromatic nitrogens is 1. The van der Waals surface area contributed by atoms with Crippen molar-refractivity contribution in [1.82, 2.24) is 4.98 Å². The second-order valence-electron chi connectivity index (χ2n) is 3.94. The summed E-state index contributed by atoms with van der Waals surface area (Å²) in [5, 5.41) is 2.83. The molecule has 0 fully saturated rings. The van der Waals surface area contributed by atoms with Gasteiger partial charge in [-0.25, -0.2) is 4.98 Å². The highest BCUT2D eigenvalue weighted by Gasteiger charge is 2.15. The molecule has 3 N–H and O–H groups in total. The van der Waals surface area contributed by atoms with Crippen LogP contribution < -0.4 is 11.1 Å². The van der Waals surface area contributed by atoms with Gasteiger partial charge in [-0.05, 0) is 31.4 Å². The molecule has 4 heteroatoms. The first kappa shape index (κ1) is 12.5. The number of nitrogen functional groups attached to an aromatic ring is 1. The van der Waals surface area contributed by atoms with Gasteiger partial charge in [-0.15, -0.1) is 0 Å². The van der Waals surface area contributed by atoms with E-state index in [1.54, 1.807) is 12.3 Å². The van der Waals surface area contributed by atoms with Crippen molar-refractivity contribution in [3.63, 3.8) is 0 Å². The Bertz CT molecular complexity index is 373. The molecule has 1 heterocycles. The third-order valence-electron chi connectivity index (χ3n) is 2.70. The average Bonchev–Trinajstić information content (AvgIpc) is 2.24. The number of hydrogen-bond donors (Lipinski definition) is 2. The summed E-state index contributed by atoms with van der Waals surface area (Å²) < 4.78 is 0. The maximum absolute atomic E-state index is 11.8. The largest absolute Gasteiger partial charge is 0.397 e. The molecule has 1 aromatic heterocycles. The van der Waals surface area contributed by atoms with Crippen LogP contribution in [0.4, 0.5) is 11.5 Å². The van der Waals surface area contributed by atoms with E-state index in [4.69, 9.17) is 5.73 Å². The highest BCUT2D eigenvalue weighted by Crippen LogP contribution is 2.16. The molecule has 0 bridgehead atoms. The first-order valence-corrected chi connectivity index (χ1v) is 5.61. The molecule has 0 saturated carbocycles. The average molecular weight is 221 g/mol. The summed E-state index contributed by atoms with van der Waals surface area (Å²) in [6, 6.07) is 1.80. The number of nitrogens with one attached hydrogen (secondary N) is 1. The Labute approximate surface area is 96.3 Å². The molecule has 1 rings (SSSR count). The summed E-state index contributed by atoms with van der Waals surface area (Å²) in [5.74, 6) is 0.690. The van der Waals surface area contributed by atoms with Crippen LogP contribution in [0, 0.1) is 12.8 Å². The first-order valence-electron chi connectivity index (χ1n) is 5.61. The number of carbonyl (C=O) groups is 1. The predicted molar refractivity (Wildman–Crippen MR) is 66.1 cm³/mol. The van der Waals surface area contributed by atoms with E-state index in [0.29, 0.717) is 11.5 Å². The van der Waals surface area contributed by atoms with Gasteiger partial charge in [-0.3, -0.25) is 4.79 Å². The number of pyridine rings is 1. The fourth-order valence-corrected chi connectivity index (χ4v) is 1.61. The topological polar surface area (TPSA) is 68.0 Å². The van der Waals surface area contributed by atoms with Crippen molar-refractivity contribution in [1.29, 1.82) is 0 Å². The quantitative estimate of drug-likeness (QED) is 0.820. The van der Waals surface area contributed by atoms with E-state index < -0.39 is 0 Å². The summed E-state index contributed by atoms with van der Waals surface area (Å²) in [5.41, 5.74) is 7.09. The number of amides is 1. The molecule has 0 spiro atoms. The van der Waals surface area contributed by atoms with Crippen molar-refractivity contribution < 1.29 is 4.79 Å². The van der Waals surface area contributed by atoms with Gasteiger partial charge in [-0.2, -0.15) is 0 Å². The van der Waals surface area contributed by atoms with Gasteiger partial charge in [0.2, 0.25) is 5.91 Å². The predicted octanol–water partition coefficient (Wildman–Crippen LogP) is 2.35. The molecule has 0 atom stereocenters. The highest BCUT2D eigenvalue weighted by atomic mass is 16.1. The lowest BCUT2D eigenvalue weighted by atomic mass is 10.0. The number of aryl methyl sites for hydroxylation is 1. The van der Waals surface area contributed by atoms with E-state index >= 15 is 0 Å². The molecule has 88 valence electrons. The molecule has 0 saturated heterocycles. The van der Waals surface area contributed by atoms with E-state index in [9.17, 15) is 4.79 Å². The van der Waals surface area contributed by atoms with Crippen LogP contribution in [0.5, 0.6) is 0 Å². The maximum atomic E-state index is 11.8. The third kappa shape index (κ3) is 2.95. The van der Waals surface area contributed by atoms with Crippen LogP contribution in [-0.4, -0.2) is 10.9 Å². The van der Waals surface area contributed by atoms with Gasteiger partial charge in [0.1, 0.15) is 5.82 Å². The van der Waals surface area contributed by atoms with Crippen LogP contribution in [-0.2, 0) is 4.79 Å². The summed E-state index contributed by atoms with van der Waals surface area (Å²) >= 11 is 0. The van der Waals surface area contributed by atoms with Crippen LogP contribution in [0.1, 0.15) is 32.3 Å². The van der Waals surface area contributed by atoms with E-state index in [1.807, 2.05) is 20.8 Å². The molecular formula is C12H19N3O. The number of anilines is 2. The Hall–Kier alpha value is -1.58. The van der Waals surface area contributed by atoms with E-state index in [-0.39, 0.29) is 11.8 Å². The standard InChI is InChI=1S/C12H19N3O/c1-4-9(5-2)12(16)15-11-8(3)6-10(13)7-14-11/h6-7,9H,4-5,13H2,1-3H3,(H,14,15,16). The highest BCUT2D eigenvalue weighted by molar-refractivity contribution is 5.92. The van der Waals surface area contributed by atoms with Crippen molar-refractivity contribution in [3.8, 4) is 0 Å². The molecule has 4 nitrogen and oxygen atoms in total. The Morgan fingerprint density at radius 2 is 2.12 bits per heavy atom. The number of nitrogens with two attached hydrogens (primary N) is 1. The molecule has 1 aromatic rings. The van der Waals surface area contributed by atoms with Crippen molar-refractivity contribution in [3.05, 3.63) is 17.8 Å². The fraction of sp³-hybridized carbons (Fsp3) is 0.500. The van der Waals surface area contributed by atoms with Gasteiger partial charge in [0.25, 0.3) is 0 Å². The summed E-state index contributed by atoms with van der Waals surface area (Å²) in [7, 11) is 0. The SMILES string of the molecule is CCC(CC)C(=O)Nc1ncc(N)cc1C. The first-order chi connectivity index (χ1) is 7.58. The number of carbonyl (C=O) groups excluding carboxylic acids is 1. The van der Waals surface area contributed by atoms with E-state index in [0.717, 1.165) is 18.4 Å². The van der Waals surface area contributed by atoms with E-state index in [2.05, 4.69) is 10.3 Å². The molecule has 0 radical (unpaired) electrons. The van der Waals surface area contributed by atoms with Gasteiger partial charge in [0.05, 0.1) is 11.9 Å². The van der Waals surface area contributed by atoms with Crippen molar-refractivity contribution in [2.24, 2.45) is 5.92 Å². The van der Waals surface area contributed by atoms with Crippen LogP contribution >= 0.6 is 0 Å². The normalized spacial score (nSPS) is 10.5. The van der Waals surface area contributed by atoms with Crippen LogP contribution in [0.2, 0.25) is 0 Å². The summed E-state index contributed by atoms with van der Waals surface area (Å²) in [6.45, 7) is 5.90. The summed E-state index contributed by atoms with van der Waals surface area (Å²) in [4.78, 5) is 15.9. The Morgan fingerprint density at radius 3 is 2.62 bits per heavy atom. The zero-order valence-corrected chi connectivity index (χ0v) is 10.1. The fourth-order valence-electron chi connectivity index (χ4n) is 1.61. The molecule has 0 aliphatic heterocycles.